The van der Waals surface area contributed by atoms with Crippen LogP contribution in [-0.2, 0) is 0 Å². The van der Waals surface area contributed by atoms with Crippen molar-refractivity contribution in [3.63, 3.8) is 0 Å². The number of nitrogens with one attached hydrogen (secondary N) is 1. The van der Waals surface area contributed by atoms with Gasteiger partial charge in [0.15, 0.2) is 0 Å². The van der Waals surface area contributed by atoms with Crippen molar-refractivity contribution in [1.29, 1.82) is 0 Å². The summed E-state index contributed by atoms with van der Waals surface area (Å²) in [7, 11) is 1.61. The molecule has 32 heavy (non-hydrogen) atoms. The Balaban J connectivity index is 1.48. The first-order chi connectivity index (χ1) is 15.5. The maximum atomic E-state index is 12.9. The molecule has 0 aliphatic carbocycles. The molecule has 1 N–H and O–H groups in total. The number of thioether (sulfide) groups is 1. The number of ether oxygens (including phenoxy) is 1. The number of aromatic nitrogens is 6. The maximum Gasteiger partial charge on any atom is 0.260 e. The van der Waals surface area contributed by atoms with Crippen LogP contribution in [0.15, 0.2) is 56.3 Å². The van der Waals surface area contributed by atoms with Crippen LogP contribution in [0.3, 0.4) is 0 Å². The maximum absolute atomic E-state index is 12.9. The van der Waals surface area contributed by atoms with Gasteiger partial charge in [-0.1, -0.05) is 17.8 Å². The SMILES string of the molecule is COc1ccc(C)cc1-n1nnnc1SC(C)c1nc2scc(-c3ccco3)c2c(=O)[nH]1. The molecule has 5 aromatic rings. The van der Waals surface area contributed by atoms with E-state index in [1.807, 2.05) is 43.5 Å². The minimum absolute atomic E-state index is 0.204. The summed E-state index contributed by atoms with van der Waals surface area (Å²) in [5.41, 5.74) is 2.34. The molecule has 5 rings (SSSR count). The van der Waals surface area contributed by atoms with Crippen molar-refractivity contribution in [1.82, 2.24) is 30.2 Å². The molecule has 1 unspecified atom stereocenters. The Morgan fingerprint density at radius 1 is 1.31 bits per heavy atom. The predicted molar refractivity (Wildman–Crippen MR) is 123 cm³/mol. The number of hydrogen-bond acceptors (Lipinski definition) is 9. The van der Waals surface area contributed by atoms with E-state index in [0.717, 1.165) is 16.8 Å². The number of tetrazole rings is 1. The normalized spacial score (nSPS) is 12.3. The summed E-state index contributed by atoms with van der Waals surface area (Å²) in [6.07, 6.45) is 1.58. The summed E-state index contributed by atoms with van der Waals surface area (Å²) >= 11 is 2.81. The van der Waals surface area contributed by atoms with Gasteiger partial charge in [-0.15, -0.1) is 16.4 Å². The summed E-state index contributed by atoms with van der Waals surface area (Å²) in [4.78, 5) is 21.2. The highest BCUT2D eigenvalue weighted by Gasteiger charge is 2.21. The standard InChI is InChI=1S/C21H18N6O3S2/c1-11-6-7-16(29-3)14(9-11)27-21(24-25-26-27)32-12(2)18-22-19(28)17-13(10-31-20(17)23-18)15-5-4-8-30-15/h4-10,12H,1-3H3,(H,22,23,28). The average Bonchev–Trinajstić information content (AvgIpc) is 3.54. The van der Waals surface area contributed by atoms with Gasteiger partial charge >= 0.3 is 0 Å². The van der Waals surface area contributed by atoms with Crippen LogP contribution < -0.4 is 10.3 Å². The van der Waals surface area contributed by atoms with Crippen LogP contribution in [0.5, 0.6) is 5.75 Å². The van der Waals surface area contributed by atoms with Gasteiger partial charge in [0, 0.05) is 10.9 Å². The zero-order chi connectivity index (χ0) is 22.2. The van der Waals surface area contributed by atoms with Crippen molar-refractivity contribution >= 4 is 33.3 Å². The first-order valence-electron chi connectivity index (χ1n) is 9.70. The largest absolute Gasteiger partial charge is 0.494 e. The monoisotopic (exact) mass is 466 g/mol. The zero-order valence-corrected chi connectivity index (χ0v) is 19.0. The molecule has 162 valence electrons. The van der Waals surface area contributed by atoms with E-state index < -0.39 is 0 Å². The fourth-order valence-corrected chi connectivity index (χ4v) is 5.15. The molecule has 0 aliphatic heterocycles. The molecule has 0 bridgehead atoms. The predicted octanol–water partition coefficient (Wildman–Crippen LogP) is 4.39. The molecule has 1 atom stereocenters. The number of rotatable bonds is 6. The van der Waals surface area contributed by atoms with Crippen molar-refractivity contribution in [2.24, 2.45) is 0 Å². The van der Waals surface area contributed by atoms with Gasteiger partial charge in [0.1, 0.15) is 27.9 Å². The van der Waals surface area contributed by atoms with Crippen molar-refractivity contribution in [3.8, 4) is 22.8 Å². The fourth-order valence-electron chi connectivity index (χ4n) is 3.35. The van der Waals surface area contributed by atoms with Crippen molar-refractivity contribution in [2.75, 3.05) is 7.11 Å². The molecule has 0 saturated carbocycles. The number of H-pyrrole nitrogens is 1. The Labute approximate surface area is 190 Å². The van der Waals surface area contributed by atoms with E-state index in [0.29, 0.717) is 32.7 Å². The molecular formula is C21H18N6O3S2. The van der Waals surface area contributed by atoms with Gasteiger partial charge in [-0.05, 0) is 54.1 Å². The van der Waals surface area contributed by atoms with Gasteiger partial charge in [0.05, 0.1) is 24.0 Å². The average molecular weight is 467 g/mol. The van der Waals surface area contributed by atoms with Crippen LogP contribution in [0.2, 0.25) is 0 Å². The summed E-state index contributed by atoms with van der Waals surface area (Å²) in [5, 5.41) is 14.9. The van der Waals surface area contributed by atoms with Gasteiger partial charge in [0.2, 0.25) is 5.16 Å². The van der Waals surface area contributed by atoms with E-state index in [4.69, 9.17) is 14.1 Å². The van der Waals surface area contributed by atoms with Crippen LogP contribution in [-0.4, -0.2) is 37.3 Å². The minimum Gasteiger partial charge on any atom is -0.494 e. The Bertz CT molecular complexity index is 1450. The molecule has 0 radical (unpaired) electrons. The molecule has 4 heterocycles. The number of benzene rings is 1. The Morgan fingerprint density at radius 3 is 2.97 bits per heavy atom. The van der Waals surface area contributed by atoms with Gasteiger partial charge in [0.25, 0.3) is 5.56 Å². The lowest BCUT2D eigenvalue weighted by molar-refractivity contribution is 0.410. The minimum atomic E-state index is -0.207. The molecule has 0 saturated heterocycles. The number of hydrogen-bond donors (Lipinski definition) is 1. The second-order valence-electron chi connectivity index (χ2n) is 7.07. The lowest BCUT2D eigenvalue weighted by Crippen LogP contribution is -2.12. The Hall–Kier alpha value is -3.44. The third-order valence-corrected chi connectivity index (χ3v) is 6.83. The quantitative estimate of drug-likeness (QED) is 0.367. The van der Waals surface area contributed by atoms with Crippen LogP contribution in [0.4, 0.5) is 0 Å². The molecule has 11 heteroatoms. The van der Waals surface area contributed by atoms with Crippen molar-refractivity contribution < 1.29 is 9.15 Å². The Morgan fingerprint density at radius 2 is 2.19 bits per heavy atom. The molecule has 1 aromatic carbocycles. The lowest BCUT2D eigenvalue weighted by Gasteiger charge is -2.13. The third kappa shape index (κ3) is 3.59. The second-order valence-corrected chi connectivity index (χ2v) is 9.23. The summed E-state index contributed by atoms with van der Waals surface area (Å²) in [6.45, 7) is 3.94. The highest BCUT2D eigenvalue weighted by Crippen LogP contribution is 2.36. The number of thiophene rings is 1. The summed E-state index contributed by atoms with van der Waals surface area (Å²) in [5.74, 6) is 1.85. The fraction of sp³-hybridized carbons (Fsp3) is 0.190. The highest BCUT2D eigenvalue weighted by atomic mass is 32.2. The van der Waals surface area contributed by atoms with Gasteiger partial charge in [-0.3, -0.25) is 4.79 Å². The van der Waals surface area contributed by atoms with Gasteiger partial charge in [-0.25, -0.2) is 4.98 Å². The van der Waals surface area contributed by atoms with E-state index in [1.165, 1.54) is 23.1 Å². The number of aromatic amines is 1. The molecular weight excluding hydrogens is 448 g/mol. The number of furan rings is 1. The molecule has 9 nitrogen and oxygen atoms in total. The number of aryl methyl sites for hydroxylation is 1. The van der Waals surface area contributed by atoms with Crippen LogP contribution >= 0.6 is 23.1 Å². The van der Waals surface area contributed by atoms with Gasteiger partial charge in [-0.2, -0.15) is 4.68 Å². The summed E-state index contributed by atoms with van der Waals surface area (Å²) < 4.78 is 12.6. The Kier molecular flexibility index (Phi) is 5.27. The van der Waals surface area contributed by atoms with E-state index in [-0.39, 0.29) is 10.8 Å². The number of fused-ring (bicyclic) bond motifs is 1. The summed E-state index contributed by atoms with van der Waals surface area (Å²) in [6, 6.07) is 9.42. The van der Waals surface area contributed by atoms with Crippen LogP contribution in [0.1, 0.15) is 23.6 Å². The zero-order valence-electron chi connectivity index (χ0n) is 17.4. The highest BCUT2D eigenvalue weighted by molar-refractivity contribution is 7.99. The molecule has 0 amide bonds. The smallest absolute Gasteiger partial charge is 0.260 e. The first kappa shape index (κ1) is 20.5. The van der Waals surface area contributed by atoms with E-state index in [9.17, 15) is 4.79 Å². The molecule has 0 fully saturated rings. The third-order valence-electron chi connectivity index (χ3n) is 4.92. The number of nitrogens with zero attached hydrogens (tertiary/aromatic N) is 5. The van der Waals surface area contributed by atoms with Crippen molar-refractivity contribution in [2.45, 2.75) is 24.3 Å². The van der Waals surface area contributed by atoms with Crippen molar-refractivity contribution in [3.05, 3.63) is 63.7 Å². The van der Waals surface area contributed by atoms with Crippen LogP contribution in [0.25, 0.3) is 27.2 Å². The first-order valence-corrected chi connectivity index (χ1v) is 11.5. The van der Waals surface area contributed by atoms with E-state index >= 15 is 0 Å². The molecule has 4 aromatic heterocycles. The topological polar surface area (TPSA) is 112 Å². The lowest BCUT2D eigenvalue weighted by atomic mass is 10.2. The molecule has 0 aliphatic rings. The van der Waals surface area contributed by atoms with Gasteiger partial charge < -0.3 is 14.1 Å². The number of methoxy groups -OCH3 is 1. The van der Waals surface area contributed by atoms with Crippen LogP contribution in [0, 0.1) is 6.92 Å². The molecule has 0 spiro atoms. The van der Waals surface area contributed by atoms with E-state index in [2.05, 4.69) is 20.5 Å². The second kappa shape index (κ2) is 8.24. The van der Waals surface area contributed by atoms with E-state index in [1.54, 1.807) is 24.1 Å².